The van der Waals surface area contributed by atoms with Crippen LogP contribution in [0.2, 0.25) is 0 Å². The van der Waals surface area contributed by atoms with Gasteiger partial charge in [0.05, 0.1) is 0 Å². The maximum Gasteiger partial charge on any atom is -0.0216 e. The molecule has 17 heavy (non-hydrogen) atoms. The molecule has 0 aliphatic heterocycles. The zero-order valence-corrected chi connectivity index (χ0v) is 12.3. The molecular weight excluding hydrogens is 204 g/mol. The molecule has 0 radical (unpaired) electrons. The van der Waals surface area contributed by atoms with Gasteiger partial charge in [-0.2, -0.15) is 0 Å². The second-order valence-corrected chi connectivity index (χ2v) is 6.21. The van der Waals surface area contributed by atoms with Crippen LogP contribution in [0, 0.1) is 17.8 Å². The minimum Gasteiger partial charge on any atom is -0.0625 e. The first-order valence-electron chi connectivity index (χ1n) is 7.01. The highest BCUT2D eigenvalue weighted by molar-refractivity contribution is 5.30. The van der Waals surface area contributed by atoms with Gasteiger partial charge >= 0.3 is 0 Å². The third-order valence-electron chi connectivity index (χ3n) is 3.85. The Labute approximate surface area is 107 Å². The number of hydrogen-bond acceptors (Lipinski definition) is 0. The largest absolute Gasteiger partial charge is 0.0625 e. The van der Waals surface area contributed by atoms with Gasteiger partial charge in [-0.3, -0.25) is 0 Å². The summed E-state index contributed by atoms with van der Waals surface area (Å²) in [6, 6.07) is 8.95. The van der Waals surface area contributed by atoms with Crippen LogP contribution in [-0.4, -0.2) is 0 Å². The van der Waals surface area contributed by atoms with Crippen molar-refractivity contribution in [1.29, 1.82) is 0 Å². The van der Waals surface area contributed by atoms with Crippen molar-refractivity contribution in [2.24, 2.45) is 17.8 Å². The first-order chi connectivity index (χ1) is 7.93. The lowest BCUT2D eigenvalue weighted by Crippen LogP contribution is -2.19. The second-order valence-electron chi connectivity index (χ2n) is 6.21. The van der Waals surface area contributed by atoms with Crippen LogP contribution in [0.5, 0.6) is 0 Å². The van der Waals surface area contributed by atoms with Crippen molar-refractivity contribution in [2.75, 3.05) is 0 Å². The third kappa shape index (κ3) is 3.87. The highest BCUT2D eigenvalue weighted by atomic mass is 14.2. The van der Waals surface area contributed by atoms with Crippen LogP contribution in [0.1, 0.15) is 58.6 Å². The SMILES string of the molecule is CC(C)c1ccccc1CC(C(C)C)C(C)C. The molecule has 1 rings (SSSR count). The summed E-state index contributed by atoms with van der Waals surface area (Å²) in [6.07, 6.45) is 1.23. The molecular formula is C17H28. The molecule has 0 bridgehead atoms. The minimum atomic E-state index is 0.631. The van der Waals surface area contributed by atoms with Crippen molar-refractivity contribution >= 4 is 0 Å². The molecule has 96 valence electrons. The predicted molar refractivity (Wildman–Crippen MR) is 77.4 cm³/mol. The van der Waals surface area contributed by atoms with Crippen LogP contribution in [-0.2, 0) is 6.42 Å². The zero-order valence-electron chi connectivity index (χ0n) is 12.3. The van der Waals surface area contributed by atoms with Crippen molar-refractivity contribution in [3.05, 3.63) is 35.4 Å². The summed E-state index contributed by atoms with van der Waals surface area (Å²) >= 11 is 0. The Hall–Kier alpha value is -0.780. The van der Waals surface area contributed by atoms with E-state index >= 15 is 0 Å². The van der Waals surface area contributed by atoms with Crippen LogP contribution in [0.15, 0.2) is 24.3 Å². The van der Waals surface area contributed by atoms with Crippen molar-refractivity contribution in [3.63, 3.8) is 0 Å². The maximum absolute atomic E-state index is 2.35. The van der Waals surface area contributed by atoms with Crippen LogP contribution in [0.3, 0.4) is 0 Å². The molecule has 1 aromatic rings. The van der Waals surface area contributed by atoms with E-state index < -0.39 is 0 Å². The molecule has 0 nitrogen and oxygen atoms in total. The molecule has 0 heteroatoms. The smallest absolute Gasteiger partial charge is 0.0216 e. The van der Waals surface area contributed by atoms with E-state index in [1.54, 1.807) is 5.56 Å². The van der Waals surface area contributed by atoms with Gasteiger partial charge in [0.2, 0.25) is 0 Å². The van der Waals surface area contributed by atoms with E-state index in [-0.39, 0.29) is 0 Å². The lowest BCUT2D eigenvalue weighted by molar-refractivity contribution is 0.285. The summed E-state index contributed by atoms with van der Waals surface area (Å²) in [6.45, 7) is 14.0. The molecule has 0 aromatic heterocycles. The Morgan fingerprint density at radius 1 is 0.824 bits per heavy atom. The molecule has 0 aliphatic rings. The second kappa shape index (κ2) is 6.23. The highest BCUT2D eigenvalue weighted by Crippen LogP contribution is 2.28. The Bertz CT molecular complexity index is 326. The van der Waals surface area contributed by atoms with E-state index in [2.05, 4.69) is 65.8 Å². The summed E-state index contributed by atoms with van der Waals surface area (Å²) in [5, 5.41) is 0. The molecule has 0 fully saturated rings. The van der Waals surface area contributed by atoms with Gasteiger partial charge < -0.3 is 0 Å². The van der Waals surface area contributed by atoms with Crippen molar-refractivity contribution in [1.82, 2.24) is 0 Å². The summed E-state index contributed by atoms with van der Waals surface area (Å²) in [5.74, 6) is 2.94. The molecule has 0 saturated heterocycles. The van der Waals surface area contributed by atoms with E-state index in [0.717, 1.165) is 17.8 Å². The fraction of sp³-hybridized carbons (Fsp3) is 0.647. The Kier molecular flexibility index (Phi) is 5.24. The molecule has 1 aromatic carbocycles. The zero-order chi connectivity index (χ0) is 13.0. The normalized spacial score (nSPS) is 12.1. The summed E-state index contributed by atoms with van der Waals surface area (Å²) in [5.41, 5.74) is 3.08. The first-order valence-corrected chi connectivity index (χ1v) is 7.01. The van der Waals surface area contributed by atoms with E-state index in [4.69, 9.17) is 0 Å². The maximum atomic E-state index is 2.35. The van der Waals surface area contributed by atoms with Gasteiger partial charge in [0.15, 0.2) is 0 Å². The summed E-state index contributed by atoms with van der Waals surface area (Å²) in [7, 11) is 0. The number of benzene rings is 1. The highest BCUT2D eigenvalue weighted by Gasteiger charge is 2.19. The monoisotopic (exact) mass is 232 g/mol. The van der Waals surface area contributed by atoms with Gasteiger partial charge in [-0.1, -0.05) is 65.8 Å². The molecule has 0 unspecified atom stereocenters. The molecule has 0 atom stereocenters. The Morgan fingerprint density at radius 3 is 1.82 bits per heavy atom. The predicted octanol–water partition coefficient (Wildman–Crippen LogP) is 5.28. The fourth-order valence-electron chi connectivity index (χ4n) is 2.78. The van der Waals surface area contributed by atoms with Gasteiger partial charge in [0.25, 0.3) is 0 Å². The average molecular weight is 232 g/mol. The molecule has 0 heterocycles. The fourth-order valence-corrected chi connectivity index (χ4v) is 2.78. The van der Waals surface area contributed by atoms with Gasteiger partial charge in [-0.25, -0.2) is 0 Å². The Morgan fingerprint density at radius 2 is 1.35 bits per heavy atom. The average Bonchev–Trinajstić information content (AvgIpc) is 2.25. The third-order valence-corrected chi connectivity index (χ3v) is 3.85. The van der Waals surface area contributed by atoms with E-state index in [1.807, 2.05) is 0 Å². The van der Waals surface area contributed by atoms with Crippen LogP contribution < -0.4 is 0 Å². The van der Waals surface area contributed by atoms with E-state index in [9.17, 15) is 0 Å². The van der Waals surface area contributed by atoms with E-state index in [1.165, 1.54) is 12.0 Å². The first kappa shape index (κ1) is 14.3. The van der Waals surface area contributed by atoms with Gasteiger partial charge in [0.1, 0.15) is 0 Å². The molecule has 0 saturated carbocycles. The van der Waals surface area contributed by atoms with Crippen molar-refractivity contribution in [3.8, 4) is 0 Å². The van der Waals surface area contributed by atoms with Gasteiger partial charge in [0, 0.05) is 0 Å². The lowest BCUT2D eigenvalue weighted by Gasteiger charge is -2.26. The summed E-state index contributed by atoms with van der Waals surface area (Å²) in [4.78, 5) is 0. The summed E-state index contributed by atoms with van der Waals surface area (Å²) < 4.78 is 0. The van der Waals surface area contributed by atoms with Gasteiger partial charge in [-0.15, -0.1) is 0 Å². The van der Waals surface area contributed by atoms with Crippen molar-refractivity contribution in [2.45, 2.75) is 53.9 Å². The van der Waals surface area contributed by atoms with Crippen LogP contribution in [0.25, 0.3) is 0 Å². The van der Waals surface area contributed by atoms with Crippen LogP contribution in [0.4, 0.5) is 0 Å². The molecule has 0 amide bonds. The van der Waals surface area contributed by atoms with E-state index in [0.29, 0.717) is 5.92 Å². The van der Waals surface area contributed by atoms with Gasteiger partial charge in [-0.05, 0) is 41.2 Å². The minimum absolute atomic E-state index is 0.631. The van der Waals surface area contributed by atoms with Crippen LogP contribution >= 0.6 is 0 Å². The quantitative estimate of drug-likeness (QED) is 0.648. The van der Waals surface area contributed by atoms with Crippen molar-refractivity contribution < 1.29 is 0 Å². The topological polar surface area (TPSA) is 0 Å². The Balaban J connectivity index is 2.93. The lowest BCUT2D eigenvalue weighted by atomic mass is 9.79. The molecule has 0 aliphatic carbocycles. The standard InChI is InChI=1S/C17H28/c1-12(2)16-10-8-7-9-15(16)11-17(13(3)4)14(5)6/h7-10,12-14,17H,11H2,1-6H3. The molecule has 0 spiro atoms. The molecule has 0 N–H and O–H groups in total. The number of rotatable bonds is 5. The number of hydrogen-bond donors (Lipinski definition) is 0.